The van der Waals surface area contributed by atoms with Crippen molar-refractivity contribution in [2.24, 2.45) is 7.05 Å². The summed E-state index contributed by atoms with van der Waals surface area (Å²) in [6.45, 7) is 6.78. The van der Waals surface area contributed by atoms with Crippen LogP contribution in [-0.4, -0.2) is 4.40 Å². The van der Waals surface area contributed by atoms with Crippen LogP contribution >= 0.6 is 0 Å². The molecule has 2 nitrogen and oxygen atoms in total. The molecule has 0 spiro atoms. The topological polar surface area (TPSA) is 8.29 Å². The molecule has 0 N–H and O–H groups in total. The van der Waals surface area contributed by atoms with Gasteiger partial charge in [-0.1, -0.05) is 48.5 Å². The minimum Gasteiger partial charge on any atom is -0.307 e. The Morgan fingerprint density at radius 3 is 2.32 bits per heavy atom. The molecule has 148 valence electrons. The number of aromatic nitrogens is 2. The normalized spacial score (nSPS) is 12.5. The zero-order valence-electron chi connectivity index (χ0n) is 18.2. The molecule has 0 aliphatic carbocycles. The van der Waals surface area contributed by atoms with Gasteiger partial charge in [0.2, 0.25) is 5.52 Å². The molecule has 3 heterocycles. The van der Waals surface area contributed by atoms with E-state index in [0.717, 1.165) is 0 Å². The maximum Gasteiger partial charge on any atom is 0.224 e. The summed E-state index contributed by atoms with van der Waals surface area (Å²) >= 11 is 0. The predicted octanol–water partition coefficient (Wildman–Crippen LogP) is 6.89. The van der Waals surface area contributed by atoms with Crippen LogP contribution in [0.5, 0.6) is 0 Å². The molecule has 0 fully saturated rings. The van der Waals surface area contributed by atoms with Gasteiger partial charge < -0.3 is 4.40 Å². The molecule has 0 amide bonds. The molecule has 2 heteroatoms. The molecular weight excluding hydrogens is 376 g/mol. The SMILES string of the molecule is Cc1ccc2c3ccc4cc[n+](C)c5c6c(C)c7ccccc7cc6n(c2c1C)c3c45. The van der Waals surface area contributed by atoms with Gasteiger partial charge in [-0.3, -0.25) is 0 Å². The quantitative estimate of drug-likeness (QED) is 0.149. The molecule has 0 saturated carbocycles. The third-order valence-corrected chi connectivity index (χ3v) is 7.48. The lowest BCUT2D eigenvalue weighted by atomic mass is 9.96. The standard InChI is InChI=1S/C29H23N2/c1-16-9-11-22-23-12-10-19-13-14-30(4)29-25-18(3)21-8-6-5-7-20(21)15-24(25)31(27(22)17(16)2)28(23)26(19)29/h5-15H,1-4H3/q+1. The number of nitrogens with zero attached hydrogens (tertiary/aromatic N) is 2. The van der Waals surface area contributed by atoms with Crippen LogP contribution in [0.15, 0.2) is 66.9 Å². The molecule has 0 aliphatic heterocycles. The lowest BCUT2D eigenvalue weighted by Crippen LogP contribution is -2.28. The zero-order chi connectivity index (χ0) is 21.0. The van der Waals surface area contributed by atoms with Gasteiger partial charge >= 0.3 is 0 Å². The van der Waals surface area contributed by atoms with E-state index in [0.29, 0.717) is 0 Å². The number of pyridine rings is 2. The van der Waals surface area contributed by atoms with Gasteiger partial charge in [0.25, 0.3) is 0 Å². The van der Waals surface area contributed by atoms with Crippen LogP contribution in [0, 0.1) is 20.8 Å². The van der Waals surface area contributed by atoms with Crippen molar-refractivity contribution < 1.29 is 4.57 Å². The van der Waals surface area contributed by atoms with Crippen molar-refractivity contribution in [2.45, 2.75) is 20.8 Å². The van der Waals surface area contributed by atoms with E-state index in [1.54, 1.807) is 0 Å². The second-order valence-corrected chi connectivity index (χ2v) is 9.06. The fraction of sp³-hybridized carbons (Fsp3) is 0.138. The van der Waals surface area contributed by atoms with Gasteiger partial charge in [-0.25, -0.2) is 4.57 Å². The molecule has 4 aromatic carbocycles. The van der Waals surface area contributed by atoms with Crippen LogP contribution < -0.4 is 4.57 Å². The van der Waals surface area contributed by atoms with Crippen LogP contribution in [-0.2, 0) is 7.05 Å². The highest BCUT2D eigenvalue weighted by Crippen LogP contribution is 2.43. The van der Waals surface area contributed by atoms with Crippen LogP contribution in [0.25, 0.3) is 59.8 Å². The van der Waals surface area contributed by atoms with Gasteiger partial charge in [0, 0.05) is 16.8 Å². The highest BCUT2D eigenvalue weighted by Gasteiger charge is 2.25. The maximum atomic E-state index is 2.55. The monoisotopic (exact) mass is 399 g/mol. The van der Waals surface area contributed by atoms with Gasteiger partial charge in [-0.15, -0.1) is 0 Å². The average molecular weight is 400 g/mol. The lowest BCUT2D eigenvalue weighted by molar-refractivity contribution is -0.643. The summed E-state index contributed by atoms with van der Waals surface area (Å²) in [5.74, 6) is 0. The van der Waals surface area contributed by atoms with E-state index in [9.17, 15) is 0 Å². The van der Waals surface area contributed by atoms with Crippen molar-refractivity contribution in [3.05, 3.63) is 83.6 Å². The van der Waals surface area contributed by atoms with Crippen LogP contribution in [0.4, 0.5) is 0 Å². The summed E-state index contributed by atoms with van der Waals surface area (Å²) in [4.78, 5) is 0. The van der Waals surface area contributed by atoms with E-state index >= 15 is 0 Å². The molecule has 3 aromatic heterocycles. The Bertz CT molecular complexity index is 1870. The average Bonchev–Trinajstić information content (AvgIpc) is 3.12. The van der Waals surface area contributed by atoms with Gasteiger partial charge in [-0.2, -0.15) is 0 Å². The molecule has 0 aliphatic rings. The molecule has 0 radical (unpaired) electrons. The molecule has 0 unspecified atom stereocenters. The zero-order valence-corrected chi connectivity index (χ0v) is 18.2. The van der Waals surface area contributed by atoms with Crippen molar-refractivity contribution in [3.8, 4) is 0 Å². The Morgan fingerprint density at radius 2 is 1.45 bits per heavy atom. The Hall–Kier alpha value is -3.65. The largest absolute Gasteiger partial charge is 0.307 e. The first-order valence-electron chi connectivity index (χ1n) is 10.9. The number of aryl methyl sites for hydroxylation is 4. The fourth-order valence-corrected chi connectivity index (χ4v) is 5.83. The highest BCUT2D eigenvalue weighted by molar-refractivity contribution is 6.28. The molecular formula is C29H23N2+. The first kappa shape index (κ1) is 17.1. The highest BCUT2D eigenvalue weighted by atomic mass is 15.0. The van der Waals surface area contributed by atoms with E-state index in [4.69, 9.17) is 0 Å². The summed E-state index contributed by atoms with van der Waals surface area (Å²) in [6, 6.07) is 22.6. The number of hydrogen-bond donors (Lipinski definition) is 0. The van der Waals surface area contributed by atoms with Crippen molar-refractivity contribution in [1.82, 2.24) is 4.40 Å². The minimum atomic E-state index is 1.30. The van der Waals surface area contributed by atoms with E-state index in [2.05, 4.69) is 104 Å². The Labute approximate surface area is 180 Å². The third kappa shape index (κ3) is 1.91. The molecule has 7 rings (SSSR count). The number of rotatable bonds is 0. The van der Waals surface area contributed by atoms with Crippen LogP contribution in [0.2, 0.25) is 0 Å². The summed E-state index contributed by atoms with van der Waals surface area (Å²) in [5, 5.41) is 9.33. The van der Waals surface area contributed by atoms with Crippen LogP contribution in [0.1, 0.15) is 16.7 Å². The van der Waals surface area contributed by atoms with E-state index in [1.807, 2.05) is 0 Å². The Morgan fingerprint density at radius 1 is 0.677 bits per heavy atom. The lowest BCUT2D eigenvalue weighted by Gasteiger charge is -2.15. The molecule has 0 saturated heterocycles. The summed E-state index contributed by atoms with van der Waals surface area (Å²) in [7, 11) is 2.18. The maximum absolute atomic E-state index is 2.55. The predicted molar refractivity (Wildman–Crippen MR) is 132 cm³/mol. The van der Waals surface area contributed by atoms with Gasteiger partial charge in [0.05, 0.1) is 27.3 Å². The van der Waals surface area contributed by atoms with Crippen molar-refractivity contribution >= 4 is 59.8 Å². The Balaban J connectivity index is 1.99. The number of fused-ring (bicyclic) bond motifs is 7. The smallest absolute Gasteiger partial charge is 0.224 e. The van der Waals surface area contributed by atoms with Gasteiger partial charge in [0.15, 0.2) is 6.20 Å². The molecule has 0 atom stereocenters. The summed E-state index contributed by atoms with van der Waals surface area (Å²) in [5.41, 5.74) is 9.36. The van der Waals surface area contributed by atoms with E-state index in [1.165, 1.54) is 76.5 Å². The first-order valence-corrected chi connectivity index (χ1v) is 10.9. The van der Waals surface area contributed by atoms with Crippen molar-refractivity contribution in [1.29, 1.82) is 0 Å². The van der Waals surface area contributed by atoms with Crippen molar-refractivity contribution in [2.75, 3.05) is 0 Å². The molecule has 7 aromatic rings. The number of hydrogen-bond acceptors (Lipinski definition) is 0. The van der Waals surface area contributed by atoms with Gasteiger partial charge in [0.1, 0.15) is 7.05 Å². The minimum absolute atomic E-state index is 1.30. The second-order valence-electron chi connectivity index (χ2n) is 9.06. The summed E-state index contributed by atoms with van der Waals surface area (Å²) in [6.07, 6.45) is 2.20. The molecule has 31 heavy (non-hydrogen) atoms. The third-order valence-electron chi connectivity index (χ3n) is 7.48. The summed E-state index contributed by atoms with van der Waals surface area (Å²) < 4.78 is 4.86. The fourth-order valence-electron chi connectivity index (χ4n) is 5.83. The van der Waals surface area contributed by atoms with E-state index in [-0.39, 0.29) is 0 Å². The van der Waals surface area contributed by atoms with Crippen molar-refractivity contribution in [3.63, 3.8) is 0 Å². The number of benzene rings is 4. The van der Waals surface area contributed by atoms with Gasteiger partial charge in [-0.05, 0) is 59.7 Å². The van der Waals surface area contributed by atoms with E-state index < -0.39 is 0 Å². The molecule has 0 bridgehead atoms. The second kappa shape index (κ2) is 5.53. The Kier molecular flexibility index (Phi) is 3.04. The first-order chi connectivity index (χ1) is 15.1. The van der Waals surface area contributed by atoms with Crippen LogP contribution in [0.3, 0.4) is 0 Å².